The number of para-hydroxylation sites is 1. The van der Waals surface area contributed by atoms with Crippen molar-refractivity contribution in [3.8, 4) is 0 Å². The van der Waals surface area contributed by atoms with Crippen molar-refractivity contribution in [2.45, 2.75) is 56.3 Å². The Balaban J connectivity index is 1.34. The van der Waals surface area contributed by atoms with E-state index in [2.05, 4.69) is 25.7 Å². The van der Waals surface area contributed by atoms with Crippen LogP contribution in [0.1, 0.15) is 50.1 Å². The third kappa shape index (κ3) is 5.62. The number of nitrogens with two attached hydrogens (primary N) is 1. The number of amides is 2. The molecule has 0 spiro atoms. The van der Waals surface area contributed by atoms with Crippen LogP contribution in [0.2, 0.25) is 0 Å². The van der Waals surface area contributed by atoms with E-state index in [1.165, 1.54) is 24.6 Å². The second kappa shape index (κ2) is 10.2. The maximum atomic E-state index is 12.6. The van der Waals surface area contributed by atoms with E-state index in [1.807, 2.05) is 28.9 Å². The summed E-state index contributed by atoms with van der Waals surface area (Å²) >= 11 is 1.37. The van der Waals surface area contributed by atoms with Gasteiger partial charge in [-0.3, -0.25) is 14.5 Å². The van der Waals surface area contributed by atoms with Gasteiger partial charge in [0, 0.05) is 18.8 Å². The van der Waals surface area contributed by atoms with E-state index in [1.54, 1.807) is 0 Å². The van der Waals surface area contributed by atoms with Gasteiger partial charge in [-0.15, -0.1) is 5.10 Å². The average Bonchev–Trinajstić information content (AvgIpc) is 3.45. The second-order valence-corrected chi connectivity index (χ2v) is 9.26. The number of hydrogen-bond acceptors (Lipinski definition) is 7. The third-order valence-corrected chi connectivity index (χ3v) is 6.99. The highest BCUT2D eigenvalue weighted by molar-refractivity contribution is 7.99. The Hall–Kier alpha value is -2.46. The molecule has 9 nitrogen and oxygen atoms in total. The fourth-order valence-electron chi connectivity index (χ4n) is 4.43. The fraction of sp³-hybridized carbons (Fsp3) is 0.571. The Labute approximate surface area is 186 Å². The third-order valence-electron chi connectivity index (χ3n) is 6.06. The first-order valence-electron chi connectivity index (χ1n) is 10.9. The summed E-state index contributed by atoms with van der Waals surface area (Å²) in [4.78, 5) is 26.4. The SMILES string of the molecule is NC(=O)C1CCCN(Cc2ccccc2NC(=O)CSc2nnnn2C2CCCC2)C1. The number of rotatable bonds is 8. The molecule has 1 unspecified atom stereocenters. The van der Waals surface area contributed by atoms with Gasteiger partial charge in [-0.25, -0.2) is 4.68 Å². The molecule has 2 heterocycles. The Morgan fingerprint density at radius 2 is 1.97 bits per heavy atom. The smallest absolute Gasteiger partial charge is 0.234 e. The van der Waals surface area contributed by atoms with Gasteiger partial charge in [0.15, 0.2) is 0 Å². The molecule has 166 valence electrons. The van der Waals surface area contributed by atoms with Crippen LogP contribution in [-0.2, 0) is 16.1 Å². The van der Waals surface area contributed by atoms with Gasteiger partial charge in [-0.1, -0.05) is 42.8 Å². The minimum Gasteiger partial charge on any atom is -0.369 e. The number of anilines is 1. The van der Waals surface area contributed by atoms with Gasteiger partial charge < -0.3 is 11.1 Å². The number of carbonyl (C=O) groups is 2. The minimum absolute atomic E-state index is 0.0907. The molecule has 1 aliphatic heterocycles. The molecule has 10 heteroatoms. The zero-order valence-corrected chi connectivity index (χ0v) is 18.4. The van der Waals surface area contributed by atoms with Crippen LogP contribution in [-0.4, -0.2) is 55.8 Å². The highest BCUT2D eigenvalue weighted by Gasteiger charge is 2.25. The van der Waals surface area contributed by atoms with Crippen molar-refractivity contribution in [2.24, 2.45) is 11.7 Å². The number of thioether (sulfide) groups is 1. The standard InChI is InChI=1S/C21H29N7O2S/c22-20(30)16-7-5-11-27(13-16)12-15-6-1-4-10-18(15)23-19(29)14-31-21-24-25-26-28(21)17-8-2-3-9-17/h1,4,6,10,16-17H,2-3,5,7-9,11-14H2,(H2,22,30)(H,23,29). The largest absolute Gasteiger partial charge is 0.369 e. The Kier molecular flexibility index (Phi) is 7.18. The van der Waals surface area contributed by atoms with Gasteiger partial charge in [0.2, 0.25) is 17.0 Å². The summed E-state index contributed by atoms with van der Waals surface area (Å²) in [7, 11) is 0. The molecule has 4 rings (SSSR count). The van der Waals surface area contributed by atoms with E-state index in [4.69, 9.17) is 5.73 Å². The number of nitrogens with one attached hydrogen (secondary N) is 1. The lowest BCUT2D eigenvalue weighted by atomic mass is 9.97. The normalized spacial score (nSPS) is 20.1. The Bertz CT molecular complexity index is 913. The number of hydrogen-bond donors (Lipinski definition) is 2. The number of nitrogens with zero attached hydrogens (tertiary/aromatic N) is 5. The van der Waals surface area contributed by atoms with Crippen molar-refractivity contribution in [1.29, 1.82) is 0 Å². The maximum Gasteiger partial charge on any atom is 0.234 e. The van der Waals surface area contributed by atoms with Crippen LogP contribution in [0.25, 0.3) is 0 Å². The highest BCUT2D eigenvalue weighted by atomic mass is 32.2. The molecule has 1 aromatic heterocycles. The van der Waals surface area contributed by atoms with Crippen molar-refractivity contribution in [2.75, 3.05) is 24.2 Å². The Morgan fingerprint density at radius 3 is 2.77 bits per heavy atom. The van der Waals surface area contributed by atoms with Crippen molar-refractivity contribution in [1.82, 2.24) is 25.1 Å². The lowest BCUT2D eigenvalue weighted by Gasteiger charge is -2.31. The number of benzene rings is 1. The first-order valence-corrected chi connectivity index (χ1v) is 11.9. The first kappa shape index (κ1) is 21.8. The summed E-state index contributed by atoms with van der Waals surface area (Å²) in [6, 6.07) is 8.14. The van der Waals surface area contributed by atoms with Crippen LogP contribution >= 0.6 is 11.8 Å². The summed E-state index contributed by atoms with van der Waals surface area (Å²) in [5, 5.41) is 15.7. The summed E-state index contributed by atoms with van der Waals surface area (Å²) in [5.41, 5.74) is 7.33. The monoisotopic (exact) mass is 443 g/mol. The highest BCUT2D eigenvalue weighted by Crippen LogP contribution is 2.31. The number of tetrazole rings is 1. The van der Waals surface area contributed by atoms with Gasteiger partial charge in [-0.2, -0.15) is 0 Å². The van der Waals surface area contributed by atoms with E-state index < -0.39 is 0 Å². The van der Waals surface area contributed by atoms with Crippen LogP contribution < -0.4 is 11.1 Å². The number of piperidine rings is 1. The predicted octanol–water partition coefficient (Wildman–Crippen LogP) is 2.22. The molecule has 3 N–H and O–H groups in total. The number of aromatic nitrogens is 4. The molecule has 1 saturated heterocycles. The maximum absolute atomic E-state index is 12.6. The van der Waals surface area contributed by atoms with Gasteiger partial charge in [0.1, 0.15) is 0 Å². The zero-order chi connectivity index (χ0) is 21.6. The van der Waals surface area contributed by atoms with Gasteiger partial charge in [0.05, 0.1) is 17.7 Å². The van der Waals surface area contributed by atoms with E-state index in [-0.39, 0.29) is 23.5 Å². The summed E-state index contributed by atoms with van der Waals surface area (Å²) < 4.78 is 1.87. The molecule has 1 atom stereocenters. The topological polar surface area (TPSA) is 119 Å². The van der Waals surface area contributed by atoms with Crippen LogP contribution in [0.5, 0.6) is 0 Å². The van der Waals surface area contributed by atoms with Crippen molar-refractivity contribution in [3.63, 3.8) is 0 Å². The molecular formula is C21H29N7O2S. The van der Waals surface area contributed by atoms with E-state index in [0.29, 0.717) is 24.3 Å². The molecule has 2 aromatic rings. The molecule has 0 radical (unpaired) electrons. The Morgan fingerprint density at radius 1 is 1.16 bits per heavy atom. The van der Waals surface area contributed by atoms with E-state index in [9.17, 15) is 9.59 Å². The van der Waals surface area contributed by atoms with Crippen molar-refractivity contribution >= 4 is 29.3 Å². The van der Waals surface area contributed by atoms with E-state index in [0.717, 1.165) is 43.5 Å². The lowest BCUT2D eigenvalue weighted by molar-refractivity contribution is -0.123. The van der Waals surface area contributed by atoms with E-state index >= 15 is 0 Å². The molecular weight excluding hydrogens is 414 g/mol. The summed E-state index contributed by atoms with van der Waals surface area (Å²) in [6.07, 6.45) is 6.37. The molecule has 2 amide bonds. The summed E-state index contributed by atoms with van der Waals surface area (Å²) in [6.45, 7) is 2.26. The minimum atomic E-state index is -0.233. The zero-order valence-electron chi connectivity index (χ0n) is 17.6. The first-order chi connectivity index (χ1) is 15.1. The average molecular weight is 444 g/mol. The molecule has 31 heavy (non-hydrogen) atoms. The quantitative estimate of drug-likeness (QED) is 0.600. The van der Waals surface area contributed by atoms with Gasteiger partial charge >= 0.3 is 0 Å². The molecule has 1 saturated carbocycles. The molecule has 0 bridgehead atoms. The van der Waals surface area contributed by atoms with Crippen LogP contribution in [0.3, 0.4) is 0 Å². The molecule has 2 fully saturated rings. The number of likely N-dealkylation sites (tertiary alicyclic amines) is 1. The fourth-order valence-corrected chi connectivity index (χ4v) is 5.17. The predicted molar refractivity (Wildman–Crippen MR) is 118 cm³/mol. The van der Waals surface area contributed by atoms with Gasteiger partial charge in [0.25, 0.3) is 0 Å². The van der Waals surface area contributed by atoms with Crippen molar-refractivity contribution in [3.05, 3.63) is 29.8 Å². The van der Waals surface area contributed by atoms with Crippen molar-refractivity contribution < 1.29 is 9.59 Å². The number of primary amides is 1. The molecule has 1 aliphatic carbocycles. The van der Waals surface area contributed by atoms with Gasteiger partial charge in [-0.05, 0) is 54.3 Å². The molecule has 2 aliphatic rings. The number of carbonyl (C=O) groups excluding carboxylic acids is 2. The van der Waals surface area contributed by atoms with Crippen LogP contribution in [0.4, 0.5) is 5.69 Å². The lowest BCUT2D eigenvalue weighted by Crippen LogP contribution is -2.40. The second-order valence-electron chi connectivity index (χ2n) is 8.31. The van der Waals surface area contributed by atoms with Crippen LogP contribution in [0.15, 0.2) is 29.4 Å². The summed E-state index contributed by atoms with van der Waals surface area (Å²) in [5.74, 6) is -0.178. The molecule has 1 aromatic carbocycles. The van der Waals surface area contributed by atoms with Crippen LogP contribution in [0, 0.1) is 5.92 Å².